The van der Waals surface area contributed by atoms with E-state index in [2.05, 4.69) is 9.97 Å². The van der Waals surface area contributed by atoms with Gasteiger partial charge in [0.2, 0.25) is 0 Å². The van der Waals surface area contributed by atoms with Crippen molar-refractivity contribution in [1.29, 1.82) is 0 Å². The zero-order chi connectivity index (χ0) is 30.2. The van der Waals surface area contributed by atoms with Crippen LogP contribution < -0.4 is 14.5 Å². The highest BCUT2D eigenvalue weighted by atomic mass is 19.4. The first-order valence-corrected chi connectivity index (χ1v) is 11.6. The van der Waals surface area contributed by atoms with E-state index in [1.54, 1.807) is 19.0 Å². The van der Waals surface area contributed by atoms with Crippen molar-refractivity contribution in [2.24, 2.45) is 0 Å². The van der Waals surface area contributed by atoms with E-state index < -0.39 is 65.8 Å². The summed E-state index contributed by atoms with van der Waals surface area (Å²) in [6, 6.07) is 0.585. The number of halogens is 7. The van der Waals surface area contributed by atoms with Crippen LogP contribution in [0.3, 0.4) is 0 Å². The maximum absolute atomic E-state index is 14.0. The summed E-state index contributed by atoms with van der Waals surface area (Å²) in [5.41, 5.74) is -4.13. The van der Waals surface area contributed by atoms with Crippen LogP contribution in [0.1, 0.15) is 17.0 Å². The minimum absolute atomic E-state index is 0.121. The average molecular weight is 582 g/mol. The molecule has 0 aliphatic carbocycles. The van der Waals surface area contributed by atoms with Gasteiger partial charge in [0.15, 0.2) is 11.6 Å². The van der Waals surface area contributed by atoms with Crippen LogP contribution in [0.25, 0.3) is 0 Å². The van der Waals surface area contributed by atoms with Gasteiger partial charge >= 0.3 is 24.5 Å². The summed E-state index contributed by atoms with van der Waals surface area (Å²) in [6.45, 7) is 0.521. The first-order valence-electron chi connectivity index (χ1n) is 11.6. The molecule has 3 rings (SSSR count). The van der Waals surface area contributed by atoms with Crippen LogP contribution >= 0.6 is 0 Å². The Morgan fingerprint density at radius 3 is 2.30 bits per heavy atom. The number of amides is 3. The summed E-state index contributed by atoms with van der Waals surface area (Å²) in [4.78, 5) is 36.6. The molecular formula is C23H25F7N6O4. The van der Waals surface area contributed by atoms with Crippen LogP contribution in [0.2, 0.25) is 0 Å². The van der Waals surface area contributed by atoms with Gasteiger partial charge in [-0.15, -0.1) is 0 Å². The number of nitrogens with zero attached hydrogens (tertiary/aromatic N) is 6. The van der Waals surface area contributed by atoms with E-state index in [9.17, 15) is 45.4 Å². The van der Waals surface area contributed by atoms with Crippen molar-refractivity contribution in [3.05, 3.63) is 41.0 Å². The number of carbonyl (C=O) groups is 2. The van der Waals surface area contributed by atoms with Crippen LogP contribution in [0.5, 0.6) is 5.75 Å². The number of alkyl halides is 6. The third-order valence-corrected chi connectivity index (χ3v) is 5.72. The third kappa shape index (κ3) is 6.88. The number of carbonyl (C=O) groups excluding carboxylic acids is 2. The Labute approximate surface area is 223 Å². The molecule has 1 fully saturated rings. The van der Waals surface area contributed by atoms with Gasteiger partial charge in [0.25, 0.3) is 0 Å². The van der Waals surface area contributed by atoms with Gasteiger partial charge in [0, 0.05) is 33.2 Å². The lowest BCUT2D eigenvalue weighted by Crippen LogP contribution is -2.41. The van der Waals surface area contributed by atoms with Crippen molar-refractivity contribution in [3.63, 3.8) is 0 Å². The summed E-state index contributed by atoms with van der Waals surface area (Å²) < 4.78 is 101. The van der Waals surface area contributed by atoms with Crippen molar-refractivity contribution in [2.45, 2.75) is 25.4 Å². The van der Waals surface area contributed by atoms with E-state index in [1.165, 1.54) is 6.92 Å². The molecule has 3 amide bonds. The number of hydrogen-bond donors (Lipinski definition) is 1. The van der Waals surface area contributed by atoms with Crippen LogP contribution in [0.4, 0.5) is 52.0 Å². The van der Waals surface area contributed by atoms with Gasteiger partial charge in [-0.05, 0) is 39.2 Å². The molecular weight excluding hydrogens is 557 g/mol. The van der Waals surface area contributed by atoms with E-state index in [1.807, 2.05) is 0 Å². The first-order chi connectivity index (χ1) is 18.4. The number of urea groups is 1. The monoisotopic (exact) mass is 582 g/mol. The summed E-state index contributed by atoms with van der Waals surface area (Å²) in [7, 11) is 4.32. The van der Waals surface area contributed by atoms with E-state index in [4.69, 9.17) is 4.74 Å². The van der Waals surface area contributed by atoms with Crippen LogP contribution in [-0.4, -0.2) is 90.4 Å². The fourth-order valence-corrected chi connectivity index (χ4v) is 3.81. The molecule has 3 heterocycles. The lowest BCUT2D eigenvalue weighted by Gasteiger charge is -2.25. The highest BCUT2D eigenvalue weighted by Gasteiger charge is 2.45. The number of β-amino-alcohol motifs (C(OH)–C–C–N with tert-alkyl or cyclic N) is 1. The number of aryl methyl sites for hydroxylation is 1. The van der Waals surface area contributed by atoms with Gasteiger partial charge in [-0.25, -0.2) is 23.9 Å². The van der Waals surface area contributed by atoms with E-state index in [0.717, 1.165) is 24.1 Å². The predicted molar refractivity (Wildman–Crippen MR) is 126 cm³/mol. The smallest absolute Gasteiger partial charge is 0.405 e. The molecule has 0 aromatic carbocycles. The quantitative estimate of drug-likeness (QED) is 0.496. The molecule has 1 N–H and O–H groups in total. The number of hydrogen-bond acceptors (Lipinski definition) is 7. The van der Waals surface area contributed by atoms with E-state index in [0.29, 0.717) is 9.80 Å². The zero-order valence-electron chi connectivity index (χ0n) is 21.6. The Kier molecular flexibility index (Phi) is 8.78. The summed E-state index contributed by atoms with van der Waals surface area (Å²) in [5, 5.41) is 10.2. The molecule has 17 heteroatoms. The van der Waals surface area contributed by atoms with Gasteiger partial charge in [0.05, 0.1) is 11.8 Å². The SMILES string of the molecule is Cc1nc(N(C)C(=O)Oc2c(C(F)(F)F)cc(C(F)(F)F)nc2N2CCN(CC(O)CN(C)C)C2=O)ccc1F. The molecule has 1 atom stereocenters. The number of aromatic nitrogens is 2. The standard InChI is InChI=1S/C23H25F7N6O4/c1-12-15(24)5-6-17(31-12)34(4)21(39)40-18-14(22(25,26)27)9-16(23(28,29)30)32-19(18)36-8-7-35(20(36)38)11-13(37)10-33(2)3/h5-6,9,13,37H,7-8,10-11H2,1-4H3. The molecule has 2 aromatic rings. The van der Waals surface area contributed by atoms with Gasteiger partial charge in [0.1, 0.15) is 22.9 Å². The first kappa shape index (κ1) is 30.8. The van der Waals surface area contributed by atoms with Gasteiger partial charge in [-0.3, -0.25) is 9.80 Å². The Morgan fingerprint density at radius 1 is 1.10 bits per heavy atom. The molecule has 0 radical (unpaired) electrons. The van der Waals surface area contributed by atoms with E-state index in [-0.39, 0.29) is 37.2 Å². The molecule has 2 aromatic heterocycles. The lowest BCUT2D eigenvalue weighted by molar-refractivity contribution is -0.145. The number of pyridine rings is 2. The Balaban J connectivity index is 2.07. The van der Waals surface area contributed by atoms with Gasteiger partial charge < -0.3 is 19.6 Å². The predicted octanol–water partition coefficient (Wildman–Crippen LogP) is 3.76. The Bertz CT molecular complexity index is 1270. The summed E-state index contributed by atoms with van der Waals surface area (Å²) in [6.07, 6.45) is -13.4. The molecule has 0 bridgehead atoms. The second-order valence-corrected chi connectivity index (χ2v) is 9.16. The molecule has 1 aliphatic rings. The molecule has 10 nitrogen and oxygen atoms in total. The van der Waals surface area contributed by atoms with Crippen molar-refractivity contribution in [2.75, 3.05) is 57.1 Å². The Morgan fingerprint density at radius 2 is 1.75 bits per heavy atom. The summed E-state index contributed by atoms with van der Waals surface area (Å²) >= 11 is 0. The lowest BCUT2D eigenvalue weighted by atomic mass is 10.1. The fourth-order valence-electron chi connectivity index (χ4n) is 3.81. The minimum Gasteiger partial charge on any atom is -0.405 e. The van der Waals surface area contributed by atoms with Crippen molar-refractivity contribution >= 4 is 23.8 Å². The molecule has 1 saturated heterocycles. The zero-order valence-corrected chi connectivity index (χ0v) is 21.6. The average Bonchev–Trinajstić information content (AvgIpc) is 3.17. The molecule has 0 saturated carbocycles. The fraction of sp³-hybridized carbons (Fsp3) is 0.478. The second kappa shape index (κ2) is 11.4. The molecule has 1 unspecified atom stereocenters. The number of likely N-dealkylation sites (N-methyl/N-ethyl adjacent to an activating group) is 1. The maximum atomic E-state index is 14.0. The van der Waals surface area contributed by atoms with Gasteiger partial charge in [-0.2, -0.15) is 26.3 Å². The number of aliphatic hydroxyl groups excluding tert-OH is 1. The number of rotatable bonds is 7. The maximum Gasteiger partial charge on any atom is 0.433 e. The van der Waals surface area contributed by atoms with Crippen molar-refractivity contribution in [3.8, 4) is 5.75 Å². The Hall–Kier alpha value is -3.73. The normalized spacial score (nSPS) is 15.2. The topological polar surface area (TPSA) is 102 Å². The van der Waals surface area contributed by atoms with Crippen LogP contribution in [0.15, 0.2) is 18.2 Å². The molecule has 220 valence electrons. The van der Waals surface area contributed by atoms with Gasteiger partial charge in [-0.1, -0.05) is 0 Å². The number of anilines is 2. The van der Waals surface area contributed by atoms with Crippen LogP contribution in [0, 0.1) is 12.7 Å². The van der Waals surface area contributed by atoms with E-state index >= 15 is 0 Å². The molecule has 0 spiro atoms. The number of aliphatic hydroxyl groups is 1. The molecule has 1 aliphatic heterocycles. The molecule has 40 heavy (non-hydrogen) atoms. The highest BCUT2D eigenvalue weighted by molar-refractivity contribution is 5.96. The van der Waals surface area contributed by atoms with Crippen molar-refractivity contribution in [1.82, 2.24) is 19.8 Å². The third-order valence-electron chi connectivity index (χ3n) is 5.72. The van der Waals surface area contributed by atoms with Crippen LogP contribution in [-0.2, 0) is 12.4 Å². The minimum atomic E-state index is -5.47. The largest absolute Gasteiger partial charge is 0.433 e. The summed E-state index contributed by atoms with van der Waals surface area (Å²) in [5.74, 6) is -3.61. The second-order valence-electron chi connectivity index (χ2n) is 9.16. The highest BCUT2D eigenvalue weighted by Crippen LogP contribution is 2.45. The van der Waals surface area contributed by atoms with Crippen molar-refractivity contribution < 1.29 is 50.2 Å². The number of ether oxygens (including phenoxy) is 1.